The van der Waals surface area contributed by atoms with E-state index in [1.807, 2.05) is 30.3 Å². The number of esters is 1. The van der Waals surface area contributed by atoms with Gasteiger partial charge in [-0.05, 0) is 5.56 Å². The topological polar surface area (TPSA) is 86.3 Å². The first-order chi connectivity index (χ1) is 10.2. The summed E-state index contributed by atoms with van der Waals surface area (Å²) in [4.78, 5) is 17.4. The lowest BCUT2D eigenvalue weighted by Gasteiger charge is -2.33. The van der Waals surface area contributed by atoms with E-state index in [4.69, 9.17) is 19.0 Å². The predicted molar refractivity (Wildman–Crippen MR) is 71.9 cm³/mol. The van der Waals surface area contributed by atoms with Crippen molar-refractivity contribution in [2.75, 3.05) is 26.9 Å². The zero-order valence-corrected chi connectivity index (χ0v) is 11.8. The molecule has 0 saturated carbocycles. The summed E-state index contributed by atoms with van der Waals surface area (Å²) in [6, 6.07) is 9.40. The summed E-state index contributed by atoms with van der Waals surface area (Å²) >= 11 is 0. The molecule has 1 aromatic carbocycles. The molecule has 2 N–H and O–H groups in total. The van der Waals surface area contributed by atoms with E-state index in [0.717, 1.165) is 5.56 Å². The number of carbonyl (C=O) groups is 1. The minimum Gasteiger partial charge on any atom is -0.467 e. The van der Waals surface area contributed by atoms with E-state index in [0.29, 0.717) is 13.2 Å². The number of methoxy groups -OCH3 is 1. The lowest BCUT2D eigenvalue weighted by atomic mass is 10.0. The maximum atomic E-state index is 12.0. The van der Waals surface area contributed by atoms with E-state index in [9.17, 15) is 9.90 Å². The van der Waals surface area contributed by atoms with Crippen LogP contribution in [0.25, 0.3) is 0 Å². The van der Waals surface area contributed by atoms with Gasteiger partial charge in [0.25, 0.3) is 0 Å². The number of aliphatic hydroxyl groups is 1. The van der Waals surface area contributed by atoms with Crippen molar-refractivity contribution in [3.05, 3.63) is 35.9 Å². The van der Waals surface area contributed by atoms with Crippen molar-refractivity contribution in [1.29, 1.82) is 0 Å². The van der Waals surface area contributed by atoms with Gasteiger partial charge in [0.1, 0.15) is 0 Å². The third-order valence-electron chi connectivity index (χ3n) is 3.16. The van der Waals surface area contributed by atoms with E-state index in [1.54, 1.807) is 0 Å². The van der Waals surface area contributed by atoms with Crippen molar-refractivity contribution in [3.8, 4) is 0 Å². The number of nitrogens with one attached hydrogen (secondary N) is 1. The summed E-state index contributed by atoms with van der Waals surface area (Å²) in [5, 5.41) is 9.63. The smallest absolute Gasteiger partial charge is 0.336 e. The quantitative estimate of drug-likeness (QED) is 0.540. The molecular formula is C14H19NO6. The third kappa shape index (κ3) is 3.58. The van der Waals surface area contributed by atoms with Crippen LogP contribution < -0.4 is 5.48 Å². The summed E-state index contributed by atoms with van der Waals surface area (Å²) < 4.78 is 15.3. The molecule has 0 aliphatic carbocycles. The molecule has 21 heavy (non-hydrogen) atoms. The van der Waals surface area contributed by atoms with E-state index >= 15 is 0 Å². The fourth-order valence-corrected chi connectivity index (χ4v) is 2.00. The molecule has 1 heterocycles. The Morgan fingerprint density at radius 3 is 2.62 bits per heavy atom. The SMILES string of the molecule is COC(=O)C(CO)(NOCc1ccccc1)C1OCCO1. The van der Waals surface area contributed by atoms with Gasteiger partial charge < -0.3 is 19.3 Å². The van der Waals surface area contributed by atoms with E-state index in [1.165, 1.54) is 7.11 Å². The van der Waals surface area contributed by atoms with E-state index in [2.05, 4.69) is 5.48 Å². The third-order valence-corrected chi connectivity index (χ3v) is 3.16. The Kier molecular flexibility index (Phi) is 5.66. The van der Waals surface area contributed by atoms with Gasteiger partial charge in [0, 0.05) is 0 Å². The molecule has 1 atom stereocenters. The van der Waals surface area contributed by atoms with Crippen molar-refractivity contribution in [3.63, 3.8) is 0 Å². The van der Waals surface area contributed by atoms with Gasteiger partial charge in [0.05, 0.1) is 33.5 Å². The Bertz CT molecular complexity index is 448. The molecule has 0 amide bonds. The first-order valence-electron chi connectivity index (χ1n) is 6.58. The van der Waals surface area contributed by atoms with Gasteiger partial charge in [-0.3, -0.25) is 4.84 Å². The van der Waals surface area contributed by atoms with Crippen LogP contribution in [-0.4, -0.2) is 49.8 Å². The molecule has 0 aromatic heterocycles. The lowest BCUT2D eigenvalue weighted by molar-refractivity contribution is -0.199. The predicted octanol–water partition coefficient (Wildman–Crippen LogP) is -0.0152. The van der Waals surface area contributed by atoms with Gasteiger partial charge in [0.2, 0.25) is 5.54 Å². The number of hydrogen-bond donors (Lipinski definition) is 2. The fraction of sp³-hybridized carbons (Fsp3) is 0.500. The Morgan fingerprint density at radius 1 is 1.38 bits per heavy atom. The molecule has 0 radical (unpaired) electrons. The molecule has 7 heteroatoms. The van der Waals surface area contributed by atoms with Gasteiger partial charge in [0.15, 0.2) is 6.29 Å². The lowest BCUT2D eigenvalue weighted by Crippen LogP contribution is -2.63. The van der Waals surface area contributed by atoms with Crippen LogP contribution in [0.3, 0.4) is 0 Å². The number of ether oxygens (including phenoxy) is 3. The number of carbonyl (C=O) groups excluding carboxylic acids is 1. The molecule has 2 rings (SSSR count). The fourth-order valence-electron chi connectivity index (χ4n) is 2.00. The molecule has 0 bridgehead atoms. The molecule has 1 fully saturated rings. The second kappa shape index (κ2) is 7.48. The van der Waals surface area contributed by atoms with Crippen molar-refractivity contribution < 1.29 is 28.9 Å². The first-order valence-corrected chi connectivity index (χ1v) is 6.58. The molecule has 1 aliphatic rings. The number of rotatable bonds is 7. The zero-order valence-electron chi connectivity index (χ0n) is 11.8. The van der Waals surface area contributed by atoms with Gasteiger partial charge in [-0.25, -0.2) is 4.79 Å². The maximum absolute atomic E-state index is 12.0. The summed E-state index contributed by atoms with van der Waals surface area (Å²) in [5.41, 5.74) is 1.85. The van der Waals surface area contributed by atoms with Crippen LogP contribution >= 0.6 is 0 Å². The zero-order chi connectivity index (χ0) is 15.1. The van der Waals surface area contributed by atoms with Crippen LogP contribution in [0.1, 0.15) is 5.56 Å². The molecule has 1 saturated heterocycles. The summed E-state index contributed by atoms with van der Waals surface area (Å²) in [5.74, 6) is -0.718. The van der Waals surface area contributed by atoms with Crippen LogP contribution in [0.4, 0.5) is 0 Å². The average molecular weight is 297 g/mol. The van der Waals surface area contributed by atoms with Gasteiger partial charge >= 0.3 is 5.97 Å². The Labute approximate surface area is 122 Å². The molecule has 1 unspecified atom stereocenters. The van der Waals surface area contributed by atoms with Crippen molar-refractivity contribution in [2.45, 2.75) is 18.4 Å². The number of hydrogen-bond acceptors (Lipinski definition) is 7. The standard InChI is InChI=1S/C14H19NO6/c1-18-12(17)14(10-16,13-19-7-8-20-13)15-21-9-11-5-3-2-4-6-11/h2-6,13,15-16H,7-10H2,1H3. The van der Waals surface area contributed by atoms with Crippen molar-refractivity contribution >= 4 is 5.97 Å². The molecule has 1 aliphatic heterocycles. The first kappa shape index (κ1) is 15.9. The number of aliphatic hydroxyl groups excluding tert-OH is 1. The Morgan fingerprint density at radius 2 is 2.05 bits per heavy atom. The highest BCUT2D eigenvalue weighted by Crippen LogP contribution is 2.21. The highest BCUT2D eigenvalue weighted by molar-refractivity contribution is 5.81. The van der Waals surface area contributed by atoms with Crippen LogP contribution in [-0.2, 0) is 30.4 Å². The molecular weight excluding hydrogens is 278 g/mol. The minimum atomic E-state index is -1.61. The van der Waals surface area contributed by atoms with E-state index in [-0.39, 0.29) is 6.61 Å². The largest absolute Gasteiger partial charge is 0.467 e. The summed E-state index contributed by atoms with van der Waals surface area (Å²) in [6.45, 7) is 0.305. The maximum Gasteiger partial charge on any atom is 0.336 e. The van der Waals surface area contributed by atoms with Gasteiger partial charge in [-0.2, -0.15) is 5.48 Å². The van der Waals surface area contributed by atoms with Gasteiger partial charge in [-0.15, -0.1) is 0 Å². The van der Waals surface area contributed by atoms with E-state index < -0.39 is 24.4 Å². The highest BCUT2D eigenvalue weighted by atomic mass is 16.7. The number of benzene rings is 1. The Balaban J connectivity index is 2.03. The molecule has 7 nitrogen and oxygen atoms in total. The summed E-state index contributed by atoms with van der Waals surface area (Å²) in [7, 11) is 1.22. The monoisotopic (exact) mass is 297 g/mol. The second-order valence-corrected chi connectivity index (χ2v) is 4.57. The number of hydroxylamine groups is 1. The van der Waals surface area contributed by atoms with Crippen molar-refractivity contribution in [2.24, 2.45) is 0 Å². The summed E-state index contributed by atoms with van der Waals surface area (Å²) in [6.07, 6.45) is -0.967. The van der Waals surface area contributed by atoms with Crippen LogP contribution in [0.2, 0.25) is 0 Å². The molecule has 0 spiro atoms. The second-order valence-electron chi connectivity index (χ2n) is 4.57. The normalized spacial score (nSPS) is 18.4. The molecule has 116 valence electrons. The average Bonchev–Trinajstić information content (AvgIpc) is 3.07. The molecule has 1 aromatic rings. The van der Waals surface area contributed by atoms with Crippen molar-refractivity contribution in [1.82, 2.24) is 5.48 Å². The highest BCUT2D eigenvalue weighted by Gasteiger charge is 2.51. The van der Waals surface area contributed by atoms with Crippen LogP contribution in [0.15, 0.2) is 30.3 Å². The Hall–Kier alpha value is -1.51. The van der Waals surface area contributed by atoms with Crippen LogP contribution in [0.5, 0.6) is 0 Å². The minimum absolute atomic E-state index is 0.215. The van der Waals surface area contributed by atoms with Gasteiger partial charge in [-0.1, -0.05) is 30.3 Å². The van der Waals surface area contributed by atoms with Crippen LogP contribution in [0, 0.1) is 0 Å².